The standard InChI is InChI=1S/C32H34F2O/c1-3-5-9-21-32(35-23-4-2)22-20-29(30(33)31(32)34)28-18-16-27(17-19-28)26-14-12-25(13-15-26)24-10-7-6-8-11-24/h6-8,10-20,22,31H,3-5,9,21,23H2,1-2H3. The smallest absolute Gasteiger partial charge is 0.184 e. The highest BCUT2D eigenvalue weighted by molar-refractivity contribution is 5.80. The first-order valence-electron chi connectivity index (χ1n) is 12.7. The van der Waals surface area contributed by atoms with Crippen LogP contribution in [0.15, 0.2) is 96.8 Å². The number of rotatable bonds is 10. The summed E-state index contributed by atoms with van der Waals surface area (Å²) in [6, 6.07) is 26.3. The van der Waals surface area contributed by atoms with E-state index in [9.17, 15) is 0 Å². The van der Waals surface area contributed by atoms with Gasteiger partial charge in [-0.15, -0.1) is 0 Å². The van der Waals surface area contributed by atoms with E-state index in [2.05, 4.69) is 43.3 Å². The van der Waals surface area contributed by atoms with Crippen LogP contribution in [-0.2, 0) is 4.74 Å². The first-order valence-corrected chi connectivity index (χ1v) is 12.7. The Bertz CT molecular complexity index is 1150. The monoisotopic (exact) mass is 472 g/mol. The van der Waals surface area contributed by atoms with Crippen LogP contribution in [0.25, 0.3) is 27.8 Å². The number of alkyl halides is 1. The van der Waals surface area contributed by atoms with Gasteiger partial charge in [0, 0.05) is 12.2 Å². The number of allylic oxidation sites excluding steroid dienone is 2. The highest BCUT2D eigenvalue weighted by Gasteiger charge is 2.43. The van der Waals surface area contributed by atoms with Gasteiger partial charge in [0.15, 0.2) is 6.17 Å². The molecule has 0 aliphatic heterocycles. The molecular formula is C32H34F2O. The minimum Gasteiger partial charge on any atom is -0.367 e. The highest BCUT2D eigenvalue weighted by Crippen LogP contribution is 2.41. The van der Waals surface area contributed by atoms with Crippen molar-refractivity contribution in [1.29, 1.82) is 0 Å². The fraction of sp³-hybridized carbons (Fsp3) is 0.312. The Morgan fingerprint density at radius 2 is 1.26 bits per heavy atom. The van der Waals surface area contributed by atoms with E-state index >= 15 is 8.78 Å². The van der Waals surface area contributed by atoms with E-state index in [4.69, 9.17) is 4.74 Å². The second kappa shape index (κ2) is 11.6. The molecule has 3 heteroatoms. The third kappa shape index (κ3) is 5.62. The number of hydrogen-bond acceptors (Lipinski definition) is 1. The van der Waals surface area contributed by atoms with Gasteiger partial charge >= 0.3 is 0 Å². The summed E-state index contributed by atoms with van der Waals surface area (Å²) in [6.45, 7) is 4.49. The normalized spacial score (nSPS) is 19.8. The van der Waals surface area contributed by atoms with Crippen molar-refractivity contribution in [2.75, 3.05) is 6.61 Å². The maximum absolute atomic E-state index is 15.5. The molecule has 0 spiro atoms. The molecule has 1 nitrogen and oxygen atoms in total. The van der Waals surface area contributed by atoms with E-state index in [0.717, 1.165) is 42.4 Å². The number of ether oxygens (including phenoxy) is 1. The van der Waals surface area contributed by atoms with Gasteiger partial charge in [-0.05, 0) is 46.7 Å². The average molecular weight is 473 g/mol. The van der Waals surface area contributed by atoms with Crippen molar-refractivity contribution < 1.29 is 13.5 Å². The Labute approximate surface area is 208 Å². The number of hydrogen-bond donors (Lipinski definition) is 0. The summed E-state index contributed by atoms with van der Waals surface area (Å²) < 4.78 is 36.8. The summed E-state index contributed by atoms with van der Waals surface area (Å²) in [7, 11) is 0. The maximum Gasteiger partial charge on any atom is 0.184 e. The summed E-state index contributed by atoms with van der Waals surface area (Å²) in [6.07, 6.45) is 5.72. The summed E-state index contributed by atoms with van der Waals surface area (Å²) in [5.74, 6) is -0.736. The van der Waals surface area contributed by atoms with E-state index in [1.165, 1.54) is 5.56 Å². The summed E-state index contributed by atoms with van der Waals surface area (Å²) in [4.78, 5) is 0. The van der Waals surface area contributed by atoms with Crippen molar-refractivity contribution >= 4 is 5.57 Å². The zero-order valence-corrected chi connectivity index (χ0v) is 20.6. The SMILES string of the molecule is CCCCCC1(OCCC)C=CC(c2ccc(-c3ccc(-c4ccccc4)cc3)cc2)=C(F)C1F. The Morgan fingerprint density at radius 3 is 1.80 bits per heavy atom. The summed E-state index contributed by atoms with van der Waals surface area (Å²) in [5, 5.41) is 0. The third-order valence-electron chi connectivity index (χ3n) is 6.71. The molecule has 3 aromatic rings. The first kappa shape index (κ1) is 25.1. The molecule has 35 heavy (non-hydrogen) atoms. The molecule has 1 aliphatic rings. The van der Waals surface area contributed by atoms with Crippen molar-refractivity contribution in [3.63, 3.8) is 0 Å². The number of unbranched alkanes of at least 4 members (excludes halogenated alkanes) is 2. The van der Waals surface area contributed by atoms with Crippen LogP contribution < -0.4 is 0 Å². The zero-order chi connectivity index (χ0) is 24.7. The Kier molecular flexibility index (Phi) is 8.30. The predicted octanol–water partition coefficient (Wildman–Crippen LogP) is 9.35. The second-order valence-corrected chi connectivity index (χ2v) is 9.24. The van der Waals surface area contributed by atoms with E-state index in [1.807, 2.05) is 49.4 Å². The van der Waals surface area contributed by atoms with Crippen LogP contribution in [0.5, 0.6) is 0 Å². The van der Waals surface area contributed by atoms with Gasteiger partial charge < -0.3 is 4.74 Å². The van der Waals surface area contributed by atoms with Crippen LogP contribution >= 0.6 is 0 Å². The van der Waals surface area contributed by atoms with Crippen LogP contribution in [0, 0.1) is 0 Å². The van der Waals surface area contributed by atoms with E-state index in [-0.39, 0.29) is 0 Å². The van der Waals surface area contributed by atoms with Gasteiger partial charge in [0.05, 0.1) is 0 Å². The van der Waals surface area contributed by atoms with Crippen LogP contribution in [0.4, 0.5) is 8.78 Å². The zero-order valence-electron chi connectivity index (χ0n) is 20.6. The molecule has 4 rings (SSSR count). The molecule has 0 radical (unpaired) electrons. The van der Waals surface area contributed by atoms with E-state index < -0.39 is 17.6 Å². The van der Waals surface area contributed by atoms with Crippen molar-refractivity contribution in [2.24, 2.45) is 0 Å². The van der Waals surface area contributed by atoms with Crippen LogP contribution in [0.1, 0.15) is 51.5 Å². The highest BCUT2D eigenvalue weighted by atomic mass is 19.2. The molecule has 2 unspecified atom stereocenters. The first-order chi connectivity index (χ1) is 17.1. The lowest BCUT2D eigenvalue weighted by Crippen LogP contribution is -2.43. The topological polar surface area (TPSA) is 9.23 Å². The van der Waals surface area contributed by atoms with Gasteiger partial charge in [0.2, 0.25) is 0 Å². The van der Waals surface area contributed by atoms with Crippen molar-refractivity contribution in [2.45, 2.75) is 57.7 Å². The molecule has 182 valence electrons. The van der Waals surface area contributed by atoms with Gasteiger partial charge in [-0.3, -0.25) is 0 Å². The Morgan fingerprint density at radius 1 is 0.714 bits per heavy atom. The Hall–Kier alpha value is -3.04. The van der Waals surface area contributed by atoms with Gasteiger partial charge in [-0.25, -0.2) is 8.78 Å². The largest absolute Gasteiger partial charge is 0.367 e. The van der Waals surface area contributed by atoms with Gasteiger partial charge in [-0.2, -0.15) is 0 Å². The molecule has 3 aromatic carbocycles. The van der Waals surface area contributed by atoms with Gasteiger partial charge in [0.25, 0.3) is 0 Å². The average Bonchev–Trinajstić information content (AvgIpc) is 2.91. The predicted molar refractivity (Wildman–Crippen MR) is 142 cm³/mol. The van der Waals surface area contributed by atoms with Gasteiger partial charge in [-0.1, -0.05) is 118 Å². The molecule has 0 bridgehead atoms. The molecular weight excluding hydrogens is 438 g/mol. The van der Waals surface area contributed by atoms with Crippen molar-refractivity contribution in [3.8, 4) is 22.3 Å². The molecule has 0 heterocycles. The van der Waals surface area contributed by atoms with E-state index in [1.54, 1.807) is 12.2 Å². The summed E-state index contributed by atoms with van der Waals surface area (Å²) in [5.41, 5.74) is 4.21. The van der Waals surface area contributed by atoms with Crippen LogP contribution in [0.2, 0.25) is 0 Å². The maximum atomic E-state index is 15.5. The molecule has 0 fully saturated rings. The van der Waals surface area contributed by atoms with Gasteiger partial charge in [0.1, 0.15) is 11.4 Å². The lowest BCUT2D eigenvalue weighted by atomic mass is 9.83. The third-order valence-corrected chi connectivity index (χ3v) is 6.71. The quantitative estimate of drug-likeness (QED) is 0.267. The van der Waals surface area contributed by atoms with Crippen molar-refractivity contribution in [1.82, 2.24) is 0 Å². The van der Waals surface area contributed by atoms with E-state index in [0.29, 0.717) is 24.2 Å². The summed E-state index contributed by atoms with van der Waals surface area (Å²) >= 11 is 0. The minimum absolute atomic E-state index is 0.301. The fourth-order valence-electron chi connectivity index (χ4n) is 4.65. The number of halogens is 2. The molecule has 0 saturated carbocycles. The molecule has 0 amide bonds. The lowest BCUT2D eigenvalue weighted by Gasteiger charge is -2.36. The minimum atomic E-state index is -1.80. The van der Waals surface area contributed by atoms with Crippen molar-refractivity contribution in [3.05, 3.63) is 102 Å². The lowest BCUT2D eigenvalue weighted by molar-refractivity contribution is -0.0636. The molecule has 0 N–H and O–H groups in total. The Balaban J connectivity index is 1.53. The van der Waals surface area contributed by atoms with Crippen LogP contribution in [0.3, 0.4) is 0 Å². The molecule has 0 aromatic heterocycles. The molecule has 1 aliphatic carbocycles. The van der Waals surface area contributed by atoms with Crippen LogP contribution in [-0.4, -0.2) is 18.4 Å². The number of benzene rings is 3. The molecule has 0 saturated heterocycles. The second-order valence-electron chi connectivity index (χ2n) is 9.24. The fourth-order valence-corrected chi connectivity index (χ4v) is 4.65. The molecule has 2 atom stereocenters.